The van der Waals surface area contributed by atoms with Crippen LogP contribution in [0.2, 0.25) is 0 Å². The van der Waals surface area contributed by atoms with Gasteiger partial charge in [0.25, 0.3) is 0 Å². The number of fused-ring (bicyclic) bond motifs is 1. The van der Waals surface area contributed by atoms with Crippen LogP contribution in [-0.4, -0.2) is 92.2 Å². The summed E-state index contributed by atoms with van der Waals surface area (Å²) in [5.74, 6) is -3.95. The normalized spacial score (nSPS) is 17.7. The molecule has 1 aliphatic rings. The van der Waals surface area contributed by atoms with Crippen LogP contribution in [-0.2, 0) is 41.6 Å². The maximum Gasteiger partial charge on any atom is 0.305 e. The van der Waals surface area contributed by atoms with Crippen molar-refractivity contribution in [1.82, 2.24) is 25.8 Å². The molecule has 0 radical (unpaired) electrons. The SMILES string of the molecule is CCCS[C@@H]1CCN(C(=O)[C@H](Cc2c[nH]c3ccccc23)NC(C)=O)[C@H]1C(=O)N[C@@H](CC(=O)O)C(=O)N[C@@H](Cc1ccccc1)C(N)=O. The molecule has 5 amide bonds. The van der Waals surface area contributed by atoms with E-state index in [1.807, 2.05) is 31.2 Å². The summed E-state index contributed by atoms with van der Waals surface area (Å²) in [7, 11) is 0. The van der Waals surface area contributed by atoms with E-state index in [0.717, 1.165) is 28.5 Å². The Kier molecular flexibility index (Phi) is 12.6. The number of nitrogens with two attached hydrogens (primary N) is 1. The topological polar surface area (TPSA) is 204 Å². The van der Waals surface area contributed by atoms with Gasteiger partial charge in [-0.2, -0.15) is 11.8 Å². The molecule has 5 atom stereocenters. The highest BCUT2D eigenvalue weighted by Gasteiger charge is 2.45. The lowest BCUT2D eigenvalue weighted by atomic mass is 10.0. The van der Waals surface area contributed by atoms with Crippen LogP contribution < -0.4 is 21.7 Å². The first-order valence-corrected chi connectivity index (χ1v) is 16.9. The molecule has 0 bridgehead atoms. The third-order valence-corrected chi connectivity index (χ3v) is 9.72. The number of carboxylic acids is 1. The summed E-state index contributed by atoms with van der Waals surface area (Å²) in [6.45, 7) is 3.53. The molecule has 256 valence electrons. The molecule has 0 spiro atoms. The Labute approximate surface area is 282 Å². The average molecular weight is 679 g/mol. The number of hydrogen-bond acceptors (Lipinski definition) is 7. The predicted octanol–water partition coefficient (Wildman–Crippen LogP) is 1.50. The maximum absolute atomic E-state index is 14.2. The number of para-hydroxylation sites is 1. The van der Waals surface area contributed by atoms with Gasteiger partial charge in [0, 0.05) is 48.7 Å². The van der Waals surface area contributed by atoms with Crippen LogP contribution in [0.4, 0.5) is 0 Å². The first-order valence-electron chi connectivity index (χ1n) is 15.9. The fourth-order valence-electron chi connectivity index (χ4n) is 5.92. The summed E-state index contributed by atoms with van der Waals surface area (Å²) in [6, 6.07) is 11.7. The number of carbonyl (C=O) groups excluding carboxylic acids is 5. The van der Waals surface area contributed by atoms with E-state index in [4.69, 9.17) is 5.73 Å². The van der Waals surface area contributed by atoms with E-state index in [0.29, 0.717) is 12.2 Å². The van der Waals surface area contributed by atoms with Crippen LogP contribution in [0.25, 0.3) is 10.9 Å². The van der Waals surface area contributed by atoms with Gasteiger partial charge >= 0.3 is 5.97 Å². The van der Waals surface area contributed by atoms with Crippen LogP contribution in [0, 0.1) is 0 Å². The van der Waals surface area contributed by atoms with Gasteiger partial charge in [-0.3, -0.25) is 28.8 Å². The van der Waals surface area contributed by atoms with Crippen LogP contribution in [0.1, 0.15) is 44.2 Å². The van der Waals surface area contributed by atoms with Gasteiger partial charge in [-0.1, -0.05) is 55.5 Å². The summed E-state index contributed by atoms with van der Waals surface area (Å²) in [5.41, 5.74) is 7.97. The number of amides is 5. The van der Waals surface area contributed by atoms with Crippen LogP contribution >= 0.6 is 11.8 Å². The van der Waals surface area contributed by atoms with Crippen molar-refractivity contribution < 1.29 is 33.9 Å². The van der Waals surface area contributed by atoms with E-state index in [1.54, 1.807) is 36.5 Å². The van der Waals surface area contributed by atoms with E-state index < -0.39 is 66.1 Å². The van der Waals surface area contributed by atoms with Gasteiger partial charge in [0.1, 0.15) is 24.2 Å². The minimum absolute atomic E-state index is 0.0667. The molecule has 1 aromatic heterocycles. The molecule has 14 heteroatoms. The van der Waals surface area contributed by atoms with E-state index in [1.165, 1.54) is 23.6 Å². The number of aliphatic carboxylic acids is 1. The first kappa shape index (κ1) is 36.0. The lowest BCUT2D eigenvalue weighted by Gasteiger charge is -2.31. The van der Waals surface area contributed by atoms with Gasteiger partial charge in [-0.25, -0.2) is 0 Å². The summed E-state index contributed by atoms with van der Waals surface area (Å²) in [4.78, 5) is 82.4. The zero-order valence-electron chi connectivity index (χ0n) is 26.9. The number of primary amides is 1. The molecule has 7 N–H and O–H groups in total. The maximum atomic E-state index is 14.2. The monoisotopic (exact) mass is 678 g/mol. The van der Waals surface area contributed by atoms with Crippen LogP contribution in [0.5, 0.6) is 0 Å². The Bertz CT molecular complexity index is 1630. The second-order valence-electron chi connectivity index (χ2n) is 11.8. The van der Waals surface area contributed by atoms with Gasteiger partial charge in [0.2, 0.25) is 29.5 Å². The summed E-state index contributed by atoms with van der Waals surface area (Å²) < 4.78 is 0. The van der Waals surface area contributed by atoms with Gasteiger partial charge < -0.3 is 36.7 Å². The van der Waals surface area contributed by atoms with E-state index >= 15 is 0 Å². The Morgan fingerprint density at radius 1 is 0.958 bits per heavy atom. The van der Waals surface area contributed by atoms with Crippen molar-refractivity contribution >= 4 is 58.2 Å². The fraction of sp³-hybridized carbons (Fsp3) is 0.412. The molecule has 0 aliphatic carbocycles. The molecular formula is C34H42N6O7S. The van der Waals surface area contributed by atoms with Crippen molar-refractivity contribution in [2.75, 3.05) is 12.3 Å². The number of benzene rings is 2. The lowest BCUT2D eigenvalue weighted by Crippen LogP contribution is -2.59. The summed E-state index contributed by atoms with van der Waals surface area (Å²) in [6.07, 6.45) is 2.55. The third-order valence-electron chi connectivity index (χ3n) is 8.16. The van der Waals surface area contributed by atoms with E-state index in [2.05, 4.69) is 20.9 Å². The molecule has 0 saturated carbocycles. The van der Waals surface area contributed by atoms with Crippen molar-refractivity contribution in [3.05, 3.63) is 71.9 Å². The molecule has 2 aromatic carbocycles. The highest BCUT2D eigenvalue weighted by Crippen LogP contribution is 2.31. The number of H-pyrrole nitrogens is 1. The number of hydrogen-bond donors (Lipinski definition) is 6. The minimum atomic E-state index is -1.56. The van der Waals surface area contributed by atoms with Gasteiger partial charge in [0.15, 0.2) is 0 Å². The van der Waals surface area contributed by atoms with Gasteiger partial charge in [-0.15, -0.1) is 0 Å². The molecule has 13 nitrogen and oxygen atoms in total. The highest BCUT2D eigenvalue weighted by atomic mass is 32.2. The quantitative estimate of drug-likeness (QED) is 0.131. The smallest absolute Gasteiger partial charge is 0.305 e. The number of aromatic amines is 1. The first-order chi connectivity index (χ1) is 23.0. The molecule has 1 saturated heterocycles. The van der Waals surface area contributed by atoms with Crippen molar-refractivity contribution in [3.63, 3.8) is 0 Å². The number of thioether (sulfide) groups is 1. The molecule has 0 unspecified atom stereocenters. The Balaban J connectivity index is 1.57. The van der Waals surface area contributed by atoms with Crippen molar-refractivity contribution in [1.29, 1.82) is 0 Å². The molecule has 1 fully saturated rings. The summed E-state index contributed by atoms with van der Waals surface area (Å²) in [5, 5.41) is 18.0. The second kappa shape index (κ2) is 16.8. The second-order valence-corrected chi connectivity index (χ2v) is 13.2. The van der Waals surface area contributed by atoms with Crippen LogP contribution in [0.15, 0.2) is 60.8 Å². The Hall–Kier alpha value is -4.85. The fourth-order valence-corrected chi connectivity index (χ4v) is 7.18. The highest BCUT2D eigenvalue weighted by molar-refractivity contribution is 8.00. The van der Waals surface area contributed by atoms with Crippen molar-refractivity contribution in [2.45, 2.75) is 75.4 Å². The molecule has 4 rings (SSSR count). The number of nitrogens with zero attached hydrogens (tertiary/aromatic N) is 1. The van der Waals surface area contributed by atoms with Gasteiger partial charge in [0.05, 0.1) is 6.42 Å². The molecule has 3 aromatic rings. The van der Waals surface area contributed by atoms with Crippen molar-refractivity contribution in [3.8, 4) is 0 Å². The van der Waals surface area contributed by atoms with Crippen LogP contribution in [0.3, 0.4) is 0 Å². The number of aromatic nitrogens is 1. The molecule has 2 heterocycles. The molecule has 48 heavy (non-hydrogen) atoms. The van der Waals surface area contributed by atoms with Gasteiger partial charge in [-0.05, 0) is 35.8 Å². The largest absolute Gasteiger partial charge is 0.481 e. The Morgan fingerprint density at radius 3 is 2.33 bits per heavy atom. The molecular weight excluding hydrogens is 636 g/mol. The third kappa shape index (κ3) is 9.37. The zero-order valence-corrected chi connectivity index (χ0v) is 27.8. The number of carbonyl (C=O) groups is 6. The van der Waals surface area contributed by atoms with E-state index in [-0.39, 0.29) is 24.6 Å². The zero-order chi connectivity index (χ0) is 34.8. The number of nitrogens with one attached hydrogen (secondary N) is 4. The number of likely N-dealkylation sites (tertiary alicyclic amines) is 1. The standard InChI is InChI=1S/C34H42N6O7S/c1-3-15-48-28-13-14-40(34(47)27(37-20(2)41)17-22-19-36-24-12-8-7-11-23(22)24)30(28)33(46)39-26(18-29(42)43)32(45)38-25(31(35)44)16-21-9-5-4-6-10-21/h4-12,19,25-28,30,36H,3,13-18H2,1-2H3,(H2,35,44)(H,37,41)(H,38,45)(H,39,46)(H,42,43)/t25-,26-,27-,28+,30+/m0/s1. The lowest BCUT2D eigenvalue weighted by molar-refractivity contribution is -0.143. The number of rotatable bonds is 16. The minimum Gasteiger partial charge on any atom is -0.481 e. The predicted molar refractivity (Wildman–Crippen MR) is 182 cm³/mol. The Morgan fingerprint density at radius 2 is 1.67 bits per heavy atom. The van der Waals surface area contributed by atoms with Crippen molar-refractivity contribution in [2.24, 2.45) is 5.73 Å². The summed E-state index contributed by atoms with van der Waals surface area (Å²) >= 11 is 1.51. The number of carboxylic acid groups (broad SMARTS) is 1. The van der Waals surface area contributed by atoms with E-state index in [9.17, 15) is 33.9 Å². The molecule has 1 aliphatic heterocycles. The average Bonchev–Trinajstić information content (AvgIpc) is 3.67.